The summed E-state index contributed by atoms with van der Waals surface area (Å²) in [7, 11) is 0. The maximum atomic E-state index is 12.7. The molecule has 1 heterocycles. The molecule has 144 valence electrons. The Balaban J connectivity index is 1.68. The van der Waals surface area contributed by atoms with Gasteiger partial charge >= 0.3 is 0 Å². The molecule has 0 bridgehead atoms. The third kappa shape index (κ3) is 5.67. The molecule has 1 aromatic carbocycles. The van der Waals surface area contributed by atoms with Crippen molar-refractivity contribution in [1.29, 1.82) is 0 Å². The van der Waals surface area contributed by atoms with E-state index in [1.807, 2.05) is 38.1 Å². The van der Waals surface area contributed by atoms with Gasteiger partial charge in [-0.15, -0.1) is 0 Å². The van der Waals surface area contributed by atoms with Crippen molar-refractivity contribution >= 4 is 17.4 Å². The molecular formula is C21H28N4O2. The number of benzene rings is 1. The molecule has 0 atom stereocenters. The highest BCUT2D eigenvalue weighted by molar-refractivity contribution is 6.04. The number of amides is 1. The number of aromatic nitrogens is 2. The van der Waals surface area contributed by atoms with Crippen LogP contribution in [0.25, 0.3) is 0 Å². The second-order valence-corrected chi connectivity index (χ2v) is 7.24. The SMILES string of the molecule is CC(C)Oc1ccccc1NC(=O)c1cc(NC2CCCCCC2)ncn1. The van der Waals surface area contributed by atoms with E-state index in [2.05, 4.69) is 20.6 Å². The summed E-state index contributed by atoms with van der Waals surface area (Å²) in [5, 5.41) is 6.35. The van der Waals surface area contributed by atoms with Crippen LogP contribution in [0.2, 0.25) is 0 Å². The van der Waals surface area contributed by atoms with Gasteiger partial charge in [0.2, 0.25) is 0 Å². The molecule has 2 aromatic rings. The molecule has 1 aliphatic rings. The van der Waals surface area contributed by atoms with Crippen LogP contribution >= 0.6 is 0 Å². The average Bonchev–Trinajstić information content (AvgIpc) is 2.92. The van der Waals surface area contributed by atoms with Gasteiger partial charge in [-0.1, -0.05) is 37.8 Å². The van der Waals surface area contributed by atoms with Crippen LogP contribution in [-0.2, 0) is 0 Å². The van der Waals surface area contributed by atoms with Gasteiger partial charge in [-0.3, -0.25) is 4.79 Å². The molecule has 1 aromatic heterocycles. The van der Waals surface area contributed by atoms with Crippen molar-refractivity contribution in [2.75, 3.05) is 10.6 Å². The van der Waals surface area contributed by atoms with E-state index >= 15 is 0 Å². The van der Waals surface area contributed by atoms with Gasteiger partial charge in [0.25, 0.3) is 5.91 Å². The summed E-state index contributed by atoms with van der Waals surface area (Å²) in [6.45, 7) is 3.91. The van der Waals surface area contributed by atoms with E-state index in [-0.39, 0.29) is 12.0 Å². The van der Waals surface area contributed by atoms with E-state index in [9.17, 15) is 4.79 Å². The van der Waals surface area contributed by atoms with E-state index in [4.69, 9.17) is 4.74 Å². The first-order valence-electron chi connectivity index (χ1n) is 9.77. The Labute approximate surface area is 160 Å². The number of anilines is 2. The first kappa shape index (κ1) is 19.1. The first-order chi connectivity index (χ1) is 13.1. The number of nitrogens with zero attached hydrogens (tertiary/aromatic N) is 2. The lowest BCUT2D eigenvalue weighted by atomic mass is 10.1. The Morgan fingerprint density at radius 2 is 1.85 bits per heavy atom. The second kappa shape index (κ2) is 9.35. The van der Waals surface area contributed by atoms with E-state index in [1.54, 1.807) is 6.07 Å². The third-order valence-electron chi connectivity index (χ3n) is 4.60. The second-order valence-electron chi connectivity index (χ2n) is 7.24. The Bertz CT molecular complexity index is 755. The van der Waals surface area contributed by atoms with Gasteiger partial charge < -0.3 is 15.4 Å². The molecule has 0 radical (unpaired) electrons. The van der Waals surface area contributed by atoms with Crippen LogP contribution in [0.1, 0.15) is 62.9 Å². The smallest absolute Gasteiger partial charge is 0.274 e. The van der Waals surface area contributed by atoms with Crippen LogP contribution in [0, 0.1) is 0 Å². The molecule has 6 nitrogen and oxygen atoms in total. The quantitative estimate of drug-likeness (QED) is 0.726. The number of ether oxygens (including phenoxy) is 1. The maximum absolute atomic E-state index is 12.7. The maximum Gasteiger partial charge on any atom is 0.274 e. The lowest BCUT2D eigenvalue weighted by Gasteiger charge is -2.17. The summed E-state index contributed by atoms with van der Waals surface area (Å²) in [6.07, 6.45) is 8.82. The molecule has 0 saturated heterocycles. The molecule has 3 rings (SSSR count). The fourth-order valence-electron chi connectivity index (χ4n) is 3.31. The number of hydrogen-bond acceptors (Lipinski definition) is 5. The van der Waals surface area contributed by atoms with Crippen LogP contribution in [0.4, 0.5) is 11.5 Å². The van der Waals surface area contributed by atoms with Gasteiger partial charge in [-0.25, -0.2) is 9.97 Å². The highest BCUT2D eigenvalue weighted by atomic mass is 16.5. The summed E-state index contributed by atoms with van der Waals surface area (Å²) < 4.78 is 5.76. The minimum absolute atomic E-state index is 0.0254. The van der Waals surface area contributed by atoms with Crippen molar-refractivity contribution in [1.82, 2.24) is 9.97 Å². The zero-order chi connectivity index (χ0) is 19.1. The summed E-state index contributed by atoms with van der Waals surface area (Å²) in [4.78, 5) is 21.1. The average molecular weight is 368 g/mol. The normalized spacial score (nSPS) is 15.2. The molecule has 6 heteroatoms. The van der Waals surface area contributed by atoms with Crippen LogP contribution in [0.15, 0.2) is 36.7 Å². The molecule has 27 heavy (non-hydrogen) atoms. The van der Waals surface area contributed by atoms with Crippen LogP contribution < -0.4 is 15.4 Å². The van der Waals surface area contributed by atoms with Crippen molar-refractivity contribution in [2.24, 2.45) is 0 Å². The van der Waals surface area contributed by atoms with E-state index in [0.717, 1.165) is 12.8 Å². The fourth-order valence-corrected chi connectivity index (χ4v) is 3.31. The Kier molecular flexibility index (Phi) is 6.63. The van der Waals surface area contributed by atoms with Crippen molar-refractivity contribution in [2.45, 2.75) is 64.5 Å². The molecular weight excluding hydrogens is 340 g/mol. The number of hydrogen-bond donors (Lipinski definition) is 2. The van der Waals surface area contributed by atoms with Gasteiger partial charge in [-0.05, 0) is 38.8 Å². The number of nitrogens with one attached hydrogen (secondary N) is 2. The third-order valence-corrected chi connectivity index (χ3v) is 4.60. The number of carbonyl (C=O) groups is 1. The summed E-state index contributed by atoms with van der Waals surface area (Å²) in [6, 6.07) is 9.54. The molecule has 0 unspecified atom stereocenters. The minimum atomic E-state index is -0.277. The lowest BCUT2D eigenvalue weighted by molar-refractivity contribution is 0.102. The predicted molar refractivity (Wildman–Crippen MR) is 107 cm³/mol. The van der Waals surface area contributed by atoms with Crippen molar-refractivity contribution in [3.63, 3.8) is 0 Å². The Morgan fingerprint density at radius 1 is 1.11 bits per heavy atom. The lowest BCUT2D eigenvalue weighted by Crippen LogP contribution is -2.20. The number of rotatable bonds is 6. The van der Waals surface area contributed by atoms with Crippen molar-refractivity contribution in [3.05, 3.63) is 42.4 Å². The molecule has 0 aliphatic heterocycles. The predicted octanol–water partition coefficient (Wildman–Crippen LogP) is 4.65. The van der Waals surface area contributed by atoms with Crippen LogP contribution in [0.3, 0.4) is 0 Å². The molecule has 1 amide bonds. The summed E-state index contributed by atoms with van der Waals surface area (Å²) in [5.74, 6) is 1.07. The minimum Gasteiger partial charge on any atom is -0.489 e. The first-order valence-corrected chi connectivity index (χ1v) is 9.77. The molecule has 1 fully saturated rings. The van der Waals surface area contributed by atoms with E-state index < -0.39 is 0 Å². The number of para-hydroxylation sites is 2. The Hall–Kier alpha value is -2.63. The number of carbonyl (C=O) groups excluding carboxylic acids is 1. The zero-order valence-electron chi connectivity index (χ0n) is 16.1. The highest BCUT2D eigenvalue weighted by Gasteiger charge is 2.15. The van der Waals surface area contributed by atoms with E-state index in [0.29, 0.717) is 29.0 Å². The van der Waals surface area contributed by atoms with E-state index in [1.165, 1.54) is 32.0 Å². The topological polar surface area (TPSA) is 76.1 Å². The highest BCUT2D eigenvalue weighted by Crippen LogP contribution is 2.25. The monoisotopic (exact) mass is 368 g/mol. The molecule has 1 saturated carbocycles. The van der Waals surface area contributed by atoms with Crippen LogP contribution in [0.5, 0.6) is 5.75 Å². The molecule has 1 aliphatic carbocycles. The largest absolute Gasteiger partial charge is 0.489 e. The molecule has 0 spiro atoms. The van der Waals surface area contributed by atoms with Gasteiger partial charge in [0, 0.05) is 12.1 Å². The Morgan fingerprint density at radius 3 is 2.59 bits per heavy atom. The van der Waals surface area contributed by atoms with Crippen LogP contribution in [-0.4, -0.2) is 28.0 Å². The van der Waals surface area contributed by atoms with Gasteiger partial charge in [0.05, 0.1) is 11.8 Å². The summed E-state index contributed by atoms with van der Waals surface area (Å²) in [5.41, 5.74) is 0.966. The fraction of sp³-hybridized carbons (Fsp3) is 0.476. The van der Waals surface area contributed by atoms with Crippen molar-refractivity contribution < 1.29 is 9.53 Å². The van der Waals surface area contributed by atoms with Gasteiger partial charge in [0.15, 0.2) is 0 Å². The molecule has 2 N–H and O–H groups in total. The zero-order valence-corrected chi connectivity index (χ0v) is 16.1. The van der Waals surface area contributed by atoms with Crippen molar-refractivity contribution in [3.8, 4) is 5.75 Å². The van der Waals surface area contributed by atoms with Gasteiger partial charge in [-0.2, -0.15) is 0 Å². The standard InChI is InChI=1S/C21H28N4O2/c1-15(2)27-19-12-8-7-11-17(19)25-21(26)18-13-20(23-14-22-18)24-16-9-5-3-4-6-10-16/h7-8,11-16H,3-6,9-10H2,1-2H3,(H,25,26)(H,22,23,24). The summed E-state index contributed by atoms with van der Waals surface area (Å²) >= 11 is 0. The van der Waals surface area contributed by atoms with Gasteiger partial charge in [0.1, 0.15) is 23.6 Å².